The number of fused-ring (bicyclic) bond motifs is 1. The van der Waals surface area contributed by atoms with E-state index in [2.05, 4.69) is 28.7 Å². The molecule has 0 radical (unpaired) electrons. The van der Waals surface area contributed by atoms with Gasteiger partial charge in [0.2, 0.25) is 0 Å². The van der Waals surface area contributed by atoms with Crippen LogP contribution < -0.4 is 10.1 Å². The summed E-state index contributed by atoms with van der Waals surface area (Å²) in [4.78, 5) is 24.9. The quantitative estimate of drug-likeness (QED) is 0.485. The number of ether oxygens (including phenoxy) is 2. The number of hydrogen-bond donors (Lipinski definition) is 1. The van der Waals surface area contributed by atoms with Gasteiger partial charge in [0.25, 0.3) is 5.91 Å². The molecule has 1 unspecified atom stereocenters. The Morgan fingerprint density at radius 3 is 2.65 bits per heavy atom. The van der Waals surface area contributed by atoms with Crippen LogP contribution in [0.15, 0.2) is 47.0 Å². The van der Waals surface area contributed by atoms with Crippen molar-refractivity contribution >= 4 is 11.9 Å². The number of aryl methyl sites for hydroxylation is 4. The lowest BCUT2D eigenvalue weighted by Crippen LogP contribution is -2.31. The highest BCUT2D eigenvalue weighted by Crippen LogP contribution is 2.25. The number of esters is 1. The summed E-state index contributed by atoms with van der Waals surface area (Å²) < 4.78 is 16.1. The molecule has 0 saturated carbocycles. The number of nitrogens with one attached hydrogen (secondary N) is 1. The van der Waals surface area contributed by atoms with Crippen molar-refractivity contribution in [2.24, 2.45) is 0 Å². The molecule has 1 atom stereocenters. The Bertz CT molecular complexity index is 1160. The van der Waals surface area contributed by atoms with E-state index in [1.165, 1.54) is 24.0 Å². The number of carbonyl (C=O) groups is 2. The van der Waals surface area contributed by atoms with Gasteiger partial charge in [-0.1, -0.05) is 29.4 Å². The van der Waals surface area contributed by atoms with Crippen LogP contribution in [0.25, 0.3) is 0 Å². The molecular weight excluding hydrogens is 432 g/mol. The number of benzene rings is 2. The van der Waals surface area contributed by atoms with Gasteiger partial charge in [0.15, 0.2) is 6.61 Å². The van der Waals surface area contributed by atoms with Crippen LogP contribution >= 0.6 is 0 Å². The number of aromatic nitrogens is 1. The Labute approximate surface area is 199 Å². The minimum atomic E-state index is -0.584. The molecule has 1 aliphatic carbocycles. The molecule has 7 heteroatoms. The number of rotatable bonds is 8. The Morgan fingerprint density at radius 2 is 1.88 bits per heavy atom. The number of carbonyl (C=O) groups excluding carboxylic acids is 2. The highest BCUT2D eigenvalue weighted by Gasteiger charge is 2.16. The molecule has 0 spiro atoms. The second kappa shape index (κ2) is 10.5. The molecule has 4 rings (SSSR count). The first kappa shape index (κ1) is 23.5. The maximum Gasteiger partial charge on any atom is 0.338 e. The second-order valence-electron chi connectivity index (χ2n) is 8.72. The second-order valence-corrected chi connectivity index (χ2v) is 8.72. The van der Waals surface area contributed by atoms with Crippen molar-refractivity contribution in [1.82, 2.24) is 10.5 Å². The van der Waals surface area contributed by atoms with Gasteiger partial charge in [-0.05, 0) is 81.3 Å². The predicted molar refractivity (Wildman–Crippen MR) is 127 cm³/mol. The molecule has 0 bridgehead atoms. The van der Waals surface area contributed by atoms with Crippen molar-refractivity contribution < 1.29 is 23.6 Å². The molecule has 3 aromatic rings. The molecule has 7 nitrogen and oxygen atoms in total. The molecule has 2 aromatic carbocycles. The first-order valence-electron chi connectivity index (χ1n) is 11.6. The number of nitrogens with zero attached hydrogens (tertiary/aromatic N) is 1. The summed E-state index contributed by atoms with van der Waals surface area (Å²) in [6.07, 6.45) is 4.65. The standard InChI is InChI=1S/C27H30N2O5/c1-17(21-12-11-20-7-4-5-8-22(20)13-21)28-26(30)16-33-27(31)23-9-6-10-24(14-23)32-15-25-18(2)29-34-19(25)3/h6,9-14,17H,4-5,7-8,15-16H2,1-3H3,(H,28,30). The molecule has 1 heterocycles. The summed E-state index contributed by atoms with van der Waals surface area (Å²) in [6, 6.07) is 12.9. The topological polar surface area (TPSA) is 90.7 Å². The fourth-order valence-corrected chi connectivity index (χ4v) is 4.18. The molecule has 0 aliphatic heterocycles. The lowest BCUT2D eigenvalue weighted by Gasteiger charge is -2.20. The van der Waals surface area contributed by atoms with Gasteiger partial charge >= 0.3 is 5.97 Å². The van der Waals surface area contributed by atoms with Crippen LogP contribution in [0.4, 0.5) is 0 Å². The number of amides is 1. The fourth-order valence-electron chi connectivity index (χ4n) is 4.18. The summed E-state index contributed by atoms with van der Waals surface area (Å²) in [5, 5.41) is 6.82. The van der Waals surface area contributed by atoms with Gasteiger partial charge in [0, 0.05) is 0 Å². The Morgan fingerprint density at radius 1 is 1.09 bits per heavy atom. The summed E-state index contributed by atoms with van der Waals surface area (Å²) in [5.41, 5.74) is 5.78. The highest BCUT2D eigenvalue weighted by atomic mass is 16.5. The predicted octanol–water partition coefficient (Wildman–Crippen LogP) is 4.78. The SMILES string of the molecule is Cc1noc(C)c1COc1cccc(C(=O)OCC(=O)NC(C)c2ccc3c(c2)CCCC3)c1. The molecule has 1 aromatic heterocycles. The van der Waals surface area contributed by atoms with Crippen molar-refractivity contribution in [3.8, 4) is 5.75 Å². The smallest absolute Gasteiger partial charge is 0.338 e. The molecule has 1 N–H and O–H groups in total. The minimum absolute atomic E-state index is 0.167. The van der Waals surface area contributed by atoms with Gasteiger partial charge in [0.05, 0.1) is 22.9 Å². The zero-order valence-electron chi connectivity index (χ0n) is 19.8. The zero-order chi connectivity index (χ0) is 24.1. The first-order valence-corrected chi connectivity index (χ1v) is 11.6. The molecular formula is C27H30N2O5. The molecule has 0 fully saturated rings. The Balaban J connectivity index is 1.28. The van der Waals surface area contributed by atoms with Gasteiger partial charge in [-0.25, -0.2) is 4.79 Å². The Kier molecular flexibility index (Phi) is 7.30. The summed E-state index contributed by atoms with van der Waals surface area (Å²) in [6.45, 7) is 5.54. The zero-order valence-corrected chi connectivity index (χ0v) is 19.8. The van der Waals surface area contributed by atoms with Gasteiger partial charge in [0.1, 0.15) is 18.1 Å². The Hall–Kier alpha value is -3.61. The van der Waals surface area contributed by atoms with E-state index in [0.717, 1.165) is 29.7 Å². The maximum absolute atomic E-state index is 12.5. The van der Waals surface area contributed by atoms with E-state index < -0.39 is 5.97 Å². The van der Waals surface area contributed by atoms with Crippen LogP contribution in [-0.2, 0) is 29.0 Å². The molecule has 178 valence electrons. The van der Waals surface area contributed by atoms with Gasteiger partial charge in [-0.2, -0.15) is 0 Å². The number of hydrogen-bond acceptors (Lipinski definition) is 6. The summed E-state index contributed by atoms with van der Waals surface area (Å²) in [5.74, 6) is 0.285. The van der Waals surface area contributed by atoms with E-state index in [0.29, 0.717) is 17.1 Å². The van der Waals surface area contributed by atoms with Crippen LogP contribution in [0.3, 0.4) is 0 Å². The third kappa shape index (κ3) is 5.65. The van der Waals surface area contributed by atoms with Crippen molar-refractivity contribution in [3.63, 3.8) is 0 Å². The largest absolute Gasteiger partial charge is 0.489 e. The minimum Gasteiger partial charge on any atom is -0.489 e. The molecule has 0 saturated heterocycles. The van der Waals surface area contributed by atoms with Crippen LogP contribution in [-0.4, -0.2) is 23.6 Å². The van der Waals surface area contributed by atoms with Crippen LogP contribution in [0, 0.1) is 13.8 Å². The van der Waals surface area contributed by atoms with E-state index >= 15 is 0 Å². The van der Waals surface area contributed by atoms with Gasteiger partial charge in [-0.15, -0.1) is 0 Å². The molecule has 34 heavy (non-hydrogen) atoms. The molecule has 1 aliphatic rings. The monoisotopic (exact) mass is 462 g/mol. The third-order valence-corrected chi connectivity index (χ3v) is 6.22. The van der Waals surface area contributed by atoms with E-state index in [1.54, 1.807) is 24.3 Å². The third-order valence-electron chi connectivity index (χ3n) is 6.22. The van der Waals surface area contributed by atoms with Crippen molar-refractivity contribution in [3.05, 3.63) is 81.7 Å². The van der Waals surface area contributed by atoms with Crippen LogP contribution in [0.5, 0.6) is 5.75 Å². The maximum atomic E-state index is 12.5. The highest BCUT2D eigenvalue weighted by molar-refractivity contribution is 5.91. The average molecular weight is 463 g/mol. The van der Waals surface area contributed by atoms with Gasteiger partial charge < -0.3 is 19.3 Å². The summed E-state index contributed by atoms with van der Waals surface area (Å²) in [7, 11) is 0. The van der Waals surface area contributed by atoms with Crippen LogP contribution in [0.2, 0.25) is 0 Å². The van der Waals surface area contributed by atoms with E-state index in [1.807, 2.05) is 20.8 Å². The van der Waals surface area contributed by atoms with Crippen molar-refractivity contribution in [1.29, 1.82) is 0 Å². The van der Waals surface area contributed by atoms with Crippen molar-refractivity contribution in [2.75, 3.05) is 6.61 Å². The molecule has 1 amide bonds. The van der Waals surface area contributed by atoms with Gasteiger partial charge in [-0.3, -0.25) is 4.79 Å². The normalized spacial score (nSPS) is 13.6. The van der Waals surface area contributed by atoms with Crippen LogP contribution in [0.1, 0.15) is 69.9 Å². The lowest BCUT2D eigenvalue weighted by atomic mass is 9.89. The fraction of sp³-hybridized carbons (Fsp3) is 0.370. The van der Waals surface area contributed by atoms with E-state index in [9.17, 15) is 9.59 Å². The average Bonchev–Trinajstić information content (AvgIpc) is 3.17. The summed E-state index contributed by atoms with van der Waals surface area (Å²) >= 11 is 0. The van der Waals surface area contributed by atoms with E-state index in [-0.39, 0.29) is 25.2 Å². The lowest BCUT2D eigenvalue weighted by molar-refractivity contribution is -0.124. The van der Waals surface area contributed by atoms with Crippen molar-refractivity contribution in [2.45, 2.75) is 59.1 Å². The first-order chi connectivity index (χ1) is 16.4. The van der Waals surface area contributed by atoms with E-state index in [4.69, 9.17) is 14.0 Å².